The molecule has 0 aliphatic carbocycles. The molecule has 0 bridgehead atoms. The van der Waals surface area contributed by atoms with Crippen LogP contribution in [0.5, 0.6) is 0 Å². The molecule has 0 aromatic rings. The van der Waals surface area contributed by atoms with Crippen molar-refractivity contribution >= 4 is 11.9 Å². The highest BCUT2D eigenvalue weighted by Gasteiger charge is 2.17. The van der Waals surface area contributed by atoms with Gasteiger partial charge in [-0.05, 0) is 122 Å². The number of hydrogen-bond acceptors (Lipinski definition) is 5. The van der Waals surface area contributed by atoms with Gasteiger partial charge in [0, 0.05) is 19.4 Å². The first-order chi connectivity index (χ1) is 33.6. The zero-order valence-electron chi connectivity index (χ0n) is 44.3. The van der Waals surface area contributed by atoms with Crippen molar-refractivity contribution in [1.29, 1.82) is 0 Å². The number of carbonyl (C=O) groups is 2. The lowest BCUT2D eigenvalue weighted by Gasteiger charge is -2.18. The molecule has 0 aliphatic heterocycles. The van der Waals surface area contributed by atoms with E-state index in [-0.39, 0.29) is 25.2 Å². The first kappa shape index (κ1) is 64.3. The molecule has 5 heteroatoms. The first-order valence-corrected chi connectivity index (χ1v) is 28.1. The third-order valence-corrected chi connectivity index (χ3v) is 11.5. The zero-order chi connectivity index (χ0) is 49.2. The lowest BCUT2D eigenvalue weighted by Crippen LogP contribution is -2.30. The van der Waals surface area contributed by atoms with Crippen molar-refractivity contribution in [2.24, 2.45) is 0 Å². The van der Waals surface area contributed by atoms with Crippen molar-refractivity contribution in [3.63, 3.8) is 0 Å². The topological polar surface area (TPSA) is 61.8 Å². The maximum absolute atomic E-state index is 12.8. The fraction of sp³-hybridized carbons (Fsp3) is 0.651. The maximum atomic E-state index is 12.8. The van der Waals surface area contributed by atoms with Gasteiger partial charge in [-0.3, -0.25) is 9.59 Å². The molecule has 1 unspecified atom stereocenters. The molecule has 0 N–H and O–H groups in total. The average Bonchev–Trinajstić information content (AvgIpc) is 3.34. The van der Waals surface area contributed by atoms with E-state index >= 15 is 0 Å². The Kier molecular flexibility index (Phi) is 54.5. The fourth-order valence-electron chi connectivity index (χ4n) is 7.35. The van der Waals surface area contributed by atoms with Gasteiger partial charge in [-0.1, -0.05) is 226 Å². The Morgan fingerprint density at radius 3 is 1.12 bits per heavy atom. The van der Waals surface area contributed by atoms with Crippen molar-refractivity contribution in [1.82, 2.24) is 0 Å². The summed E-state index contributed by atoms with van der Waals surface area (Å²) < 4.78 is 17.4. The Labute approximate surface area is 420 Å². The third-order valence-electron chi connectivity index (χ3n) is 11.5. The summed E-state index contributed by atoms with van der Waals surface area (Å²) in [5.41, 5.74) is 0. The SMILES string of the molecule is CC/C=C\C/C=C\C/C=C\C/C=C\C/C=C\CCCC(=O)OC(COCCCCCCCC/C=C\CCCCCCCC)COC(=O)CCCCCCCC/C=C\C/C=C\C/C=C\C/C=C\CC. The van der Waals surface area contributed by atoms with Gasteiger partial charge in [0.15, 0.2) is 6.10 Å². The normalized spacial score (nSPS) is 13.2. The minimum atomic E-state index is -0.584. The summed E-state index contributed by atoms with van der Waals surface area (Å²) in [4.78, 5) is 25.5. The monoisotopic (exact) mass is 941 g/mol. The van der Waals surface area contributed by atoms with E-state index in [1.165, 1.54) is 96.3 Å². The number of rotatable bonds is 50. The van der Waals surface area contributed by atoms with Crippen LogP contribution in [0.3, 0.4) is 0 Å². The lowest BCUT2D eigenvalue weighted by molar-refractivity contribution is -0.162. The lowest BCUT2D eigenvalue weighted by atomic mass is 10.1. The first-order valence-electron chi connectivity index (χ1n) is 28.1. The highest BCUT2D eigenvalue weighted by molar-refractivity contribution is 5.70. The van der Waals surface area contributed by atoms with Crippen LogP contribution in [0.1, 0.15) is 239 Å². The molecule has 0 amide bonds. The number of esters is 2. The van der Waals surface area contributed by atoms with Crippen LogP contribution < -0.4 is 0 Å². The molecule has 386 valence electrons. The Morgan fingerprint density at radius 2 is 0.676 bits per heavy atom. The third kappa shape index (κ3) is 54.9. The van der Waals surface area contributed by atoms with E-state index in [2.05, 4.69) is 142 Å². The summed E-state index contributed by atoms with van der Waals surface area (Å²) in [5, 5.41) is 0. The summed E-state index contributed by atoms with van der Waals surface area (Å²) in [6.45, 7) is 7.51. The van der Waals surface area contributed by atoms with Gasteiger partial charge in [-0.15, -0.1) is 0 Å². The quantitative estimate of drug-likeness (QED) is 0.0345. The molecule has 0 aromatic heterocycles. The van der Waals surface area contributed by atoms with Gasteiger partial charge < -0.3 is 14.2 Å². The van der Waals surface area contributed by atoms with Crippen LogP contribution in [0.4, 0.5) is 0 Å². The molecule has 0 aliphatic rings. The molecule has 5 nitrogen and oxygen atoms in total. The van der Waals surface area contributed by atoms with Gasteiger partial charge in [-0.25, -0.2) is 0 Å². The van der Waals surface area contributed by atoms with Crippen molar-refractivity contribution < 1.29 is 23.8 Å². The van der Waals surface area contributed by atoms with Crippen LogP contribution in [-0.2, 0) is 23.8 Å². The molecular formula is C63H104O5. The molecule has 0 saturated carbocycles. The molecule has 0 spiro atoms. The predicted octanol–water partition coefficient (Wildman–Crippen LogP) is 19.3. The second kappa shape index (κ2) is 57.6. The highest BCUT2D eigenvalue weighted by atomic mass is 16.6. The molecular weight excluding hydrogens is 837 g/mol. The van der Waals surface area contributed by atoms with Crippen LogP contribution in [0, 0.1) is 0 Å². The van der Waals surface area contributed by atoms with E-state index < -0.39 is 6.10 Å². The van der Waals surface area contributed by atoms with Crippen molar-refractivity contribution in [2.75, 3.05) is 19.8 Å². The standard InChI is InChI=1S/C63H104O5/c1-4-7-10-13-16-19-22-25-28-31-32-34-35-38-41-44-47-50-53-56-62(64)67-60-61(59-66-58-55-52-49-46-43-40-37-30-27-24-21-18-15-12-9-6-3)68-63(65)57-54-51-48-45-42-39-36-33-29-26-23-20-17-14-11-8-5-2/h7-8,10-11,16-17,19-20,25-30,32,34,36,39,45,48,61H,4-6,9,12-15,18,21-24,31,33,35,37-38,40-44,46-47,49-60H2,1-3H3/b10-7-,11-8-,19-16-,20-17-,28-25-,29-26-,30-27-,34-32-,39-36-,48-45-. The molecule has 68 heavy (non-hydrogen) atoms. The van der Waals surface area contributed by atoms with E-state index in [1.54, 1.807) is 0 Å². The Bertz CT molecular complexity index is 1390. The maximum Gasteiger partial charge on any atom is 0.306 e. The average molecular weight is 942 g/mol. The summed E-state index contributed by atoms with van der Waals surface area (Å²) in [6.07, 6.45) is 80.8. The van der Waals surface area contributed by atoms with Crippen LogP contribution in [0.15, 0.2) is 122 Å². The highest BCUT2D eigenvalue weighted by Crippen LogP contribution is 2.13. The van der Waals surface area contributed by atoms with E-state index in [1.807, 2.05) is 0 Å². The van der Waals surface area contributed by atoms with Gasteiger partial charge >= 0.3 is 11.9 Å². The van der Waals surface area contributed by atoms with E-state index in [4.69, 9.17) is 14.2 Å². The number of allylic oxidation sites excluding steroid dienone is 20. The van der Waals surface area contributed by atoms with Crippen molar-refractivity contribution in [3.8, 4) is 0 Å². The van der Waals surface area contributed by atoms with Crippen molar-refractivity contribution in [2.45, 2.75) is 245 Å². The van der Waals surface area contributed by atoms with E-state index in [0.29, 0.717) is 19.4 Å². The number of carbonyl (C=O) groups excluding carboxylic acids is 2. The summed E-state index contributed by atoms with van der Waals surface area (Å²) in [6, 6.07) is 0. The largest absolute Gasteiger partial charge is 0.462 e. The summed E-state index contributed by atoms with van der Waals surface area (Å²) >= 11 is 0. The Balaban J connectivity index is 4.42. The molecule has 0 aromatic carbocycles. The minimum absolute atomic E-state index is 0.0457. The molecule has 0 rings (SSSR count). The zero-order valence-corrected chi connectivity index (χ0v) is 44.3. The van der Waals surface area contributed by atoms with Crippen LogP contribution >= 0.6 is 0 Å². The van der Waals surface area contributed by atoms with Gasteiger partial charge in [-0.2, -0.15) is 0 Å². The van der Waals surface area contributed by atoms with Gasteiger partial charge in [0.25, 0.3) is 0 Å². The van der Waals surface area contributed by atoms with Crippen LogP contribution in [-0.4, -0.2) is 37.9 Å². The second-order valence-corrected chi connectivity index (χ2v) is 18.1. The van der Waals surface area contributed by atoms with E-state index in [0.717, 1.165) is 109 Å². The smallest absolute Gasteiger partial charge is 0.306 e. The minimum Gasteiger partial charge on any atom is -0.462 e. The molecule has 0 radical (unpaired) electrons. The number of ether oxygens (including phenoxy) is 3. The van der Waals surface area contributed by atoms with Gasteiger partial charge in [0.1, 0.15) is 6.61 Å². The Morgan fingerprint density at radius 1 is 0.338 bits per heavy atom. The molecule has 0 heterocycles. The summed E-state index contributed by atoms with van der Waals surface area (Å²) in [5.74, 6) is -0.488. The second-order valence-electron chi connectivity index (χ2n) is 18.1. The van der Waals surface area contributed by atoms with E-state index in [9.17, 15) is 9.59 Å². The molecule has 0 fully saturated rings. The predicted molar refractivity (Wildman–Crippen MR) is 297 cm³/mol. The molecule has 0 saturated heterocycles. The Hall–Kier alpha value is -3.70. The molecule has 1 atom stereocenters. The van der Waals surface area contributed by atoms with Gasteiger partial charge in [0.05, 0.1) is 6.61 Å². The number of unbranched alkanes of at least 4 members (excludes halogenated alkanes) is 19. The van der Waals surface area contributed by atoms with Gasteiger partial charge in [0.2, 0.25) is 0 Å². The van der Waals surface area contributed by atoms with Crippen LogP contribution in [0.2, 0.25) is 0 Å². The fourth-order valence-corrected chi connectivity index (χ4v) is 7.35. The number of hydrogen-bond donors (Lipinski definition) is 0. The van der Waals surface area contributed by atoms with Crippen molar-refractivity contribution in [3.05, 3.63) is 122 Å². The van der Waals surface area contributed by atoms with Crippen LogP contribution in [0.25, 0.3) is 0 Å². The summed E-state index contributed by atoms with van der Waals surface area (Å²) in [7, 11) is 0.